The zero-order valence-electron chi connectivity index (χ0n) is 15.5. The van der Waals surface area contributed by atoms with Gasteiger partial charge in [0.15, 0.2) is 0 Å². The lowest BCUT2D eigenvalue weighted by Crippen LogP contribution is -2.45. The summed E-state index contributed by atoms with van der Waals surface area (Å²) in [6.07, 6.45) is 2.89. The number of imidazole rings is 1. The molecule has 1 aliphatic rings. The van der Waals surface area contributed by atoms with Crippen LogP contribution in [-0.4, -0.2) is 53.3 Å². The number of carbonyl (C=O) groups is 2. The Hall–Kier alpha value is -3.23. The Balaban J connectivity index is 1.66. The zero-order chi connectivity index (χ0) is 19.4. The van der Waals surface area contributed by atoms with Crippen LogP contribution in [0.3, 0.4) is 0 Å². The lowest BCUT2D eigenvalue weighted by atomic mass is 10.2. The van der Waals surface area contributed by atoms with Crippen molar-refractivity contribution in [3.05, 3.63) is 42.0 Å². The highest BCUT2D eigenvalue weighted by Gasteiger charge is 2.38. The summed E-state index contributed by atoms with van der Waals surface area (Å²) >= 11 is 0. The van der Waals surface area contributed by atoms with Crippen molar-refractivity contribution in [2.75, 3.05) is 20.8 Å². The highest BCUT2D eigenvalue weighted by atomic mass is 16.6. The van der Waals surface area contributed by atoms with Crippen LogP contribution in [0.15, 0.2) is 30.6 Å². The van der Waals surface area contributed by atoms with Gasteiger partial charge < -0.3 is 24.1 Å². The molecule has 1 aromatic heterocycles. The fourth-order valence-electron chi connectivity index (χ4n) is 2.82. The van der Waals surface area contributed by atoms with E-state index < -0.39 is 12.1 Å². The molecule has 2 amide bonds. The Kier molecular flexibility index (Phi) is 5.49. The Labute approximate surface area is 156 Å². The maximum atomic E-state index is 12.6. The molecule has 9 nitrogen and oxygen atoms in total. The summed E-state index contributed by atoms with van der Waals surface area (Å²) in [5, 5.41) is 2.84. The number of hydrogen-bond donors (Lipinski definition) is 1. The van der Waals surface area contributed by atoms with Gasteiger partial charge in [0.05, 0.1) is 20.8 Å². The fourth-order valence-corrected chi connectivity index (χ4v) is 2.82. The van der Waals surface area contributed by atoms with E-state index in [2.05, 4.69) is 10.3 Å². The summed E-state index contributed by atoms with van der Waals surface area (Å²) in [5.41, 5.74) is 0.820. The van der Waals surface area contributed by atoms with Gasteiger partial charge >= 0.3 is 6.09 Å². The van der Waals surface area contributed by atoms with Crippen LogP contribution in [0.1, 0.15) is 11.4 Å². The SMILES string of the molecule is COc1cc(CNC(=O)[C@@H]2COC(=O)N2Cc2nccn2C)cc(OC)c1. The average Bonchev–Trinajstić information content (AvgIpc) is 3.25. The highest BCUT2D eigenvalue weighted by Crippen LogP contribution is 2.22. The van der Waals surface area contributed by atoms with Gasteiger partial charge in [0.1, 0.15) is 30.0 Å². The molecule has 9 heteroatoms. The van der Waals surface area contributed by atoms with E-state index in [-0.39, 0.29) is 25.6 Å². The number of nitrogens with zero attached hydrogens (tertiary/aromatic N) is 3. The van der Waals surface area contributed by atoms with E-state index in [1.807, 2.05) is 19.2 Å². The first kappa shape index (κ1) is 18.6. The molecule has 0 spiro atoms. The topological polar surface area (TPSA) is 94.9 Å². The molecule has 1 aliphatic heterocycles. The standard InChI is InChI=1S/C18H22N4O5/c1-21-5-4-19-16(21)10-22-15(11-27-18(22)24)17(23)20-9-12-6-13(25-2)8-14(7-12)26-3/h4-8,15H,9-11H2,1-3H3,(H,20,23)/t15-/m0/s1. The number of rotatable bonds is 7. The molecular formula is C18H22N4O5. The summed E-state index contributed by atoms with van der Waals surface area (Å²) in [6, 6.07) is 4.67. The molecule has 3 rings (SSSR count). The van der Waals surface area contributed by atoms with Crippen molar-refractivity contribution in [1.82, 2.24) is 19.8 Å². The van der Waals surface area contributed by atoms with Gasteiger partial charge in [-0.1, -0.05) is 0 Å². The van der Waals surface area contributed by atoms with Crippen molar-refractivity contribution in [3.8, 4) is 11.5 Å². The van der Waals surface area contributed by atoms with Gasteiger partial charge in [-0.15, -0.1) is 0 Å². The van der Waals surface area contributed by atoms with E-state index in [0.717, 1.165) is 5.56 Å². The molecule has 1 fully saturated rings. The number of methoxy groups -OCH3 is 2. The molecule has 2 heterocycles. The van der Waals surface area contributed by atoms with Gasteiger partial charge in [-0.2, -0.15) is 0 Å². The fraction of sp³-hybridized carbons (Fsp3) is 0.389. The molecule has 2 aromatic rings. The third-order valence-corrected chi connectivity index (χ3v) is 4.39. The van der Waals surface area contributed by atoms with Crippen molar-refractivity contribution in [3.63, 3.8) is 0 Å². The predicted molar refractivity (Wildman–Crippen MR) is 95.3 cm³/mol. The highest BCUT2D eigenvalue weighted by molar-refractivity contribution is 5.87. The number of cyclic esters (lactones) is 1. The van der Waals surface area contributed by atoms with Gasteiger partial charge in [-0.25, -0.2) is 9.78 Å². The Morgan fingerprint density at radius 3 is 2.59 bits per heavy atom. The van der Waals surface area contributed by atoms with Gasteiger partial charge in [-0.3, -0.25) is 9.69 Å². The summed E-state index contributed by atoms with van der Waals surface area (Å²) in [4.78, 5) is 30.2. The second-order valence-electron chi connectivity index (χ2n) is 6.11. The number of hydrogen-bond acceptors (Lipinski definition) is 6. The van der Waals surface area contributed by atoms with Gasteiger partial charge in [0, 0.05) is 32.1 Å². The Bertz CT molecular complexity index is 813. The second-order valence-corrected chi connectivity index (χ2v) is 6.11. The molecule has 0 bridgehead atoms. The maximum absolute atomic E-state index is 12.6. The largest absolute Gasteiger partial charge is 0.497 e. The third-order valence-electron chi connectivity index (χ3n) is 4.39. The van der Waals surface area contributed by atoms with Crippen LogP contribution in [-0.2, 0) is 29.7 Å². The number of nitrogens with one attached hydrogen (secondary N) is 1. The van der Waals surface area contributed by atoms with E-state index in [1.165, 1.54) is 4.90 Å². The molecule has 1 saturated heterocycles. The first-order valence-corrected chi connectivity index (χ1v) is 8.41. The van der Waals surface area contributed by atoms with Crippen LogP contribution in [0.2, 0.25) is 0 Å². The molecule has 1 atom stereocenters. The molecule has 0 aliphatic carbocycles. The summed E-state index contributed by atoms with van der Waals surface area (Å²) in [6.45, 7) is 0.483. The van der Waals surface area contributed by atoms with Gasteiger partial charge in [-0.05, 0) is 17.7 Å². The molecule has 0 unspecified atom stereocenters. The van der Waals surface area contributed by atoms with Gasteiger partial charge in [0.25, 0.3) is 0 Å². The van der Waals surface area contributed by atoms with E-state index in [1.54, 1.807) is 37.2 Å². The number of benzene rings is 1. The molecule has 144 valence electrons. The number of ether oxygens (including phenoxy) is 3. The number of carbonyl (C=O) groups excluding carboxylic acids is 2. The van der Waals surface area contributed by atoms with E-state index in [9.17, 15) is 9.59 Å². The number of aromatic nitrogens is 2. The quantitative estimate of drug-likeness (QED) is 0.779. The Morgan fingerprint density at radius 2 is 2.00 bits per heavy atom. The van der Waals surface area contributed by atoms with E-state index in [0.29, 0.717) is 17.3 Å². The van der Waals surface area contributed by atoms with E-state index in [4.69, 9.17) is 14.2 Å². The minimum Gasteiger partial charge on any atom is -0.497 e. The lowest BCUT2D eigenvalue weighted by molar-refractivity contribution is -0.125. The second kappa shape index (κ2) is 7.98. The maximum Gasteiger partial charge on any atom is 0.411 e. The van der Waals surface area contributed by atoms with Crippen molar-refractivity contribution < 1.29 is 23.8 Å². The van der Waals surface area contributed by atoms with Crippen molar-refractivity contribution in [1.29, 1.82) is 0 Å². The molecule has 0 radical (unpaired) electrons. The minimum absolute atomic E-state index is 0.0104. The summed E-state index contributed by atoms with van der Waals surface area (Å²) < 4.78 is 17.3. The smallest absolute Gasteiger partial charge is 0.411 e. The Morgan fingerprint density at radius 1 is 1.30 bits per heavy atom. The molecule has 1 N–H and O–H groups in total. The first-order chi connectivity index (χ1) is 13.0. The number of amides is 2. The van der Waals surface area contributed by atoms with Crippen LogP contribution in [0, 0.1) is 0 Å². The van der Waals surface area contributed by atoms with Crippen LogP contribution < -0.4 is 14.8 Å². The van der Waals surface area contributed by atoms with Crippen LogP contribution in [0.4, 0.5) is 4.79 Å². The lowest BCUT2D eigenvalue weighted by Gasteiger charge is -2.20. The molecular weight excluding hydrogens is 352 g/mol. The molecule has 27 heavy (non-hydrogen) atoms. The monoisotopic (exact) mass is 374 g/mol. The predicted octanol–water partition coefficient (Wildman–Crippen LogP) is 1.07. The van der Waals surface area contributed by atoms with Crippen LogP contribution in [0.25, 0.3) is 0 Å². The van der Waals surface area contributed by atoms with Crippen molar-refractivity contribution >= 4 is 12.0 Å². The van der Waals surface area contributed by atoms with Crippen LogP contribution >= 0.6 is 0 Å². The van der Waals surface area contributed by atoms with Crippen molar-refractivity contribution in [2.24, 2.45) is 7.05 Å². The third kappa shape index (κ3) is 4.13. The average molecular weight is 374 g/mol. The summed E-state index contributed by atoms with van der Waals surface area (Å²) in [7, 11) is 4.96. The van der Waals surface area contributed by atoms with E-state index >= 15 is 0 Å². The first-order valence-electron chi connectivity index (χ1n) is 8.41. The van der Waals surface area contributed by atoms with Crippen molar-refractivity contribution in [2.45, 2.75) is 19.1 Å². The van der Waals surface area contributed by atoms with Crippen LogP contribution in [0.5, 0.6) is 11.5 Å². The summed E-state index contributed by atoms with van der Waals surface area (Å²) in [5.74, 6) is 1.64. The normalized spacial score (nSPS) is 16.2. The number of aryl methyl sites for hydroxylation is 1. The van der Waals surface area contributed by atoms with Gasteiger partial charge in [0.2, 0.25) is 5.91 Å². The zero-order valence-corrected chi connectivity index (χ0v) is 15.5. The molecule has 0 saturated carbocycles. The molecule has 1 aromatic carbocycles. The minimum atomic E-state index is -0.707.